The second-order valence-electron chi connectivity index (χ2n) is 9.65. The summed E-state index contributed by atoms with van der Waals surface area (Å²) in [6.45, 7) is 0. The quantitative estimate of drug-likeness (QED) is 0.278. The Hall–Kier alpha value is -4.66. The number of imidazole rings is 1. The van der Waals surface area contributed by atoms with Crippen molar-refractivity contribution < 1.29 is 9.13 Å². The fourth-order valence-corrected chi connectivity index (χ4v) is 5.17. The molecule has 1 saturated carbocycles. The predicted octanol–water partition coefficient (Wildman–Crippen LogP) is 6.48. The minimum atomic E-state index is -0.309. The molecule has 1 aromatic carbocycles. The van der Waals surface area contributed by atoms with Crippen molar-refractivity contribution in [3.8, 4) is 39.7 Å². The van der Waals surface area contributed by atoms with E-state index in [0.717, 1.165) is 51.8 Å². The summed E-state index contributed by atoms with van der Waals surface area (Å²) in [6.07, 6.45) is 14.8. The summed E-state index contributed by atoms with van der Waals surface area (Å²) in [5, 5.41) is 8.45. The fourth-order valence-electron chi connectivity index (χ4n) is 5.17. The van der Waals surface area contributed by atoms with E-state index in [1.165, 1.54) is 31.4 Å². The lowest BCUT2D eigenvalue weighted by atomic mass is 9.98. The molecule has 188 valence electrons. The highest BCUT2D eigenvalue weighted by atomic mass is 19.1. The lowest BCUT2D eigenvalue weighted by Crippen LogP contribution is -2.19. The zero-order valence-corrected chi connectivity index (χ0v) is 20.5. The van der Waals surface area contributed by atoms with Crippen LogP contribution < -0.4 is 4.74 Å². The summed E-state index contributed by atoms with van der Waals surface area (Å²) >= 11 is 0. The molecule has 0 saturated heterocycles. The van der Waals surface area contributed by atoms with Gasteiger partial charge in [-0.2, -0.15) is 5.10 Å². The number of nitrogens with one attached hydrogen (secondary N) is 2. The number of aromatic nitrogens is 7. The number of pyridine rings is 3. The van der Waals surface area contributed by atoms with Crippen LogP contribution in [0.2, 0.25) is 0 Å². The summed E-state index contributed by atoms with van der Waals surface area (Å²) in [6, 6.07) is 10.4. The van der Waals surface area contributed by atoms with Gasteiger partial charge in [-0.05, 0) is 55.5 Å². The van der Waals surface area contributed by atoms with Crippen LogP contribution in [-0.4, -0.2) is 41.2 Å². The monoisotopic (exact) mass is 505 g/mol. The normalized spacial score (nSPS) is 14.3. The van der Waals surface area contributed by atoms with Crippen LogP contribution in [0.25, 0.3) is 55.8 Å². The van der Waals surface area contributed by atoms with Gasteiger partial charge in [0.05, 0.1) is 46.9 Å². The van der Waals surface area contributed by atoms with E-state index in [0.29, 0.717) is 22.6 Å². The summed E-state index contributed by atoms with van der Waals surface area (Å²) in [5.74, 6) is 1.04. The summed E-state index contributed by atoms with van der Waals surface area (Å²) in [4.78, 5) is 21.5. The van der Waals surface area contributed by atoms with E-state index in [1.807, 2.05) is 18.2 Å². The molecule has 0 radical (unpaired) electrons. The Morgan fingerprint density at radius 2 is 1.76 bits per heavy atom. The Kier molecular flexibility index (Phi) is 5.53. The van der Waals surface area contributed by atoms with Gasteiger partial charge in [0.25, 0.3) is 0 Å². The van der Waals surface area contributed by atoms with E-state index in [-0.39, 0.29) is 11.9 Å². The molecule has 5 heterocycles. The van der Waals surface area contributed by atoms with E-state index >= 15 is 0 Å². The van der Waals surface area contributed by atoms with Gasteiger partial charge in [-0.15, -0.1) is 0 Å². The van der Waals surface area contributed by atoms with Crippen molar-refractivity contribution >= 4 is 21.9 Å². The van der Waals surface area contributed by atoms with E-state index in [9.17, 15) is 4.39 Å². The van der Waals surface area contributed by atoms with E-state index < -0.39 is 0 Å². The standard InChI is InChI=1S/C29H24FN7O/c30-19-6-4-5-17(9-19)23-14-32-15-26-27(23)35-29(34-26)28-22-11-24(33-16-25(22)36-37-28)18-10-21(13-31-12-18)38-20-7-2-1-3-8-20/h4-6,9-16,20H,1-3,7-8H2,(H,34,35)(H,36,37). The average molecular weight is 506 g/mol. The van der Waals surface area contributed by atoms with Gasteiger partial charge in [0.15, 0.2) is 5.82 Å². The highest BCUT2D eigenvalue weighted by Gasteiger charge is 2.18. The first-order valence-corrected chi connectivity index (χ1v) is 12.8. The minimum Gasteiger partial charge on any atom is -0.489 e. The van der Waals surface area contributed by atoms with Crippen molar-refractivity contribution in [3.05, 3.63) is 73.2 Å². The molecule has 0 bridgehead atoms. The molecule has 5 aromatic heterocycles. The first-order chi connectivity index (χ1) is 18.7. The summed E-state index contributed by atoms with van der Waals surface area (Å²) < 4.78 is 20.1. The van der Waals surface area contributed by atoms with Gasteiger partial charge in [0.2, 0.25) is 0 Å². The van der Waals surface area contributed by atoms with Crippen molar-refractivity contribution in [2.75, 3.05) is 0 Å². The second kappa shape index (κ2) is 9.33. The lowest BCUT2D eigenvalue weighted by molar-refractivity contribution is 0.154. The predicted molar refractivity (Wildman–Crippen MR) is 143 cm³/mol. The molecule has 9 heteroatoms. The van der Waals surface area contributed by atoms with Crippen molar-refractivity contribution in [1.82, 2.24) is 35.1 Å². The number of H-pyrrole nitrogens is 2. The molecule has 6 aromatic rings. The Morgan fingerprint density at radius 1 is 0.868 bits per heavy atom. The molecule has 8 nitrogen and oxygen atoms in total. The molecule has 2 N–H and O–H groups in total. The third-order valence-electron chi connectivity index (χ3n) is 7.07. The fraction of sp³-hybridized carbons (Fsp3) is 0.207. The van der Waals surface area contributed by atoms with Gasteiger partial charge in [-0.3, -0.25) is 20.1 Å². The Morgan fingerprint density at radius 3 is 2.66 bits per heavy atom. The number of hydrogen-bond donors (Lipinski definition) is 2. The van der Waals surface area contributed by atoms with Crippen LogP contribution in [0.1, 0.15) is 32.1 Å². The zero-order chi connectivity index (χ0) is 25.5. The molecular weight excluding hydrogens is 481 g/mol. The van der Waals surface area contributed by atoms with Gasteiger partial charge in [-0.25, -0.2) is 9.37 Å². The van der Waals surface area contributed by atoms with Crippen LogP contribution in [0.3, 0.4) is 0 Å². The van der Waals surface area contributed by atoms with Crippen molar-refractivity contribution in [2.24, 2.45) is 0 Å². The Bertz CT molecular complexity index is 1770. The second-order valence-corrected chi connectivity index (χ2v) is 9.65. The molecule has 1 aliphatic rings. The van der Waals surface area contributed by atoms with Crippen LogP contribution in [0.15, 0.2) is 67.4 Å². The smallest absolute Gasteiger partial charge is 0.159 e. The molecule has 0 amide bonds. The van der Waals surface area contributed by atoms with Crippen LogP contribution in [0.5, 0.6) is 5.75 Å². The minimum absolute atomic E-state index is 0.247. The number of hydrogen-bond acceptors (Lipinski definition) is 6. The third kappa shape index (κ3) is 4.15. The maximum atomic E-state index is 13.9. The summed E-state index contributed by atoms with van der Waals surface area (Å²) in [5.41, 5.74) is 5.97. The highest BCUT2D eigenvalue weighted by Crippen LogP contribution is 2.33. The maximum absolute atomic E-state index is 13.9. The molecule has 7 rings (SSSR count). The van der Waals surface area contributed by atoms with Crippen LogP contribution in [0, 0.1) is 5.82 Å². The number of rotatable bonds is 5. The van der Waals surface area contributed by atoms with Crippen molar-refractivity contribution in [3.63, 3.8) is 0 Å². The lowest BCUT2D eigenvalue weighted by Gasteiger charge is -2.22. The maximum Gasteiger partial charge on any atom is 0.159 e. The van der Waals surface area contributed by atoms with Gasteiger partial charge in [0.1, 0.15) is 17.3 Å². The first kappa shape index (κ1) is 22.5. The van der Waals surface area contributed by atoms with E-state index in [4.69, 9.17) is 9.72 Å². The largest absolute Gasteiger partial charge is 0.489 e. The van der Waals surface area contributed by atoms with Crippen molar-refractivity contribution in [2.45, 2.75) is 38.2 Å². The topological polar surface area (TPSA) is 105 Å². The van der Waals surface area contributed by atoms with E-state index in [1.54, 1.807) is 37.1 Å². The van der Waals surface area contributed by atoms with Crippen LogP contribution in [-0.2, 0) is 0 Å². The van der Waals surface area contributed by atoms with Crippen LogP contribution in [0.4, 0.5) is 4.39 Å². The van der Waals surface area contributed by atoms with Gasteiger partial charge < -0.3 is 9.72 Å². The highest BCUT2D eigenvalue weighted by molar-refractivity contribution is 5.97. The average Bonchev–Trinajstić information content (AvgIpc) is 3.57. The third-order valence-corrected chi connectivity index (χ3v) is 7.07. The van der Waals surface area contributed by atoms with E-state index in [2.05, 4.69) is 30.1 Å². The number of halogens is 1. The molecule has 0 atom stereocenters. The zero-order valence-electron chi connectivity index (χ0n) is 20.5. The van der Waals surface area contributed by atoms with Gasteiger partial charge in [0, 0.05) is 28.9 Å². The number of nitrogens with zero attached hydrogens (tertiary/aromatic N) is 5. The SMILES string of the molecule is Fc1cccc(-c2cncc3[nH]c(-c4n[nH]c5cnc(-c6cncc(OC7CCCCC7)c6)cc45)nc23)c1. The number of aromatic amines is 2. The molecule has 1 fully saturated rings. The first-order valence-electron chi connectivity index (χ1n) is 12.8. The number of benzene rings is 1. The van der Waals surface area contributed by atoms with Gasteiger partial charge in [-0.1, -0.05) is 18.6 Å². The summed E-state index contributed by atoms with van der Waals surface area (Å²) in [7, 11) is 0. The molecule has 38 heavy (non-hydrogen) atoms. The molecule has 0 spiro atoms. The number of fused-ring (bicyclic) bond motifs is 2. The number of ether oxygens (including phenoxy) is 1. The van der Waals surface area contributed by atoms with Crippen LogP contribution >= 0.6 is 0 Å². The Balaban J connectivity index is 1.26. The Labute approximate surface area is 217 Å². The molecule has 1 aliphatic carbocycles. The molecule has 0 unspecified atom stereocenters. The van der Waals surface area contributed by atoms with Crippen molar-refractivity contribution in [1.29, 1.82) is 0 Å². The molecule has 0 aliphatic heterocycles. The van der Waals surface area contributed by atoms with Gasteiger partial charge >= 0.3 is 0 Å². The molecular formula is C29H24FN7O.